The van der Waals surface area contributed by atoms with Crippen LogP contribution in [-0.4, -0.2) is 40.9 Å². The molecule has 2 aromatic rings. The number of fused-ring (bicyclic) bond motifs is 7. The standard InChI is InChI=1S/C18H18FN3O4S/c1-7-22-14-8(16(23)13(18(24)25)17(22)27-7)4-10(19)15-9(14)5-26-6-12-11(20)2-3-21(12)15/h4,7,11-12H,2-3,5-6,20H2,1H3,(H,24,25)/t7?,11-,12-/m1/s1. The van der Waals surface area contributed by atoms with Gasteiger partial charge in [0.05, 0.1) is 46.2 Å². The van der Waals surface area contributed by atoms with E-state index in [9.17, 15) is 14.7 Å². The summed E-state index contributed by atoms with van der Waals surface area (Å²) >= 11 is 1.33. The van der Waals surface area contributed by atoms with Crippen LogP contribution in [0.5, 0.6) is 0 Å². The number of aromatic nitrogens is 1. The van der Waals surface area contributed by atoms with Gasteiger partial charge in [0.15, 0.2) is 0 Å². The number of benzene rings is 1. The summed E-state index contributed by atoms with van der Waals surface area (Å²) in [5, 5.41) is 9.95. The normalized spacial score (nSPS) is 26.2. The van der Waals surface area contributed by atoms with E-state index in [1.165, 1.54) is 17.8 Å². The molecule has 5 rings (SSSR count). The van der Waals surface area contributed by atoms with E-state index >= 15 is 4.39 Å². The molecule has 142 valence electrons. The minimum Gasteiger partial charge on any atom is -0.477 e. The monoisotopic (exact) mass is 391 g/mol. The van der Waals surface area contributed by atoms with Crippen LogP contribution in [0.4, 0.5) is 10.1 Å². The summed E-state index contributed by atoms with van der Waals surface area (Å²) in [5.74, 6) is -1.82. The number of aromatic carboxylic acids is 1. The Balaban J connectivity index is 1.89. The second-order valence-electron chi connectivity index (χ2n) is 7.21. The topological polar surface area (TPSA) is 97.8 Å². The molecule has 1 aromatic carbocycles. The highest BCUT2D eigenvalue weighted by Crippen LogP contribution is 2.48. The number of hydrogen-bond donors (Lipinski definition) is 2. The first-order chi connectivity index (χ1) is 12.9. The SMILES string of the molecule is CC1Sc2c(C(=O)O)c(=O)c3cc(F)c4c(c3n21)COC[C@@H]1[C@H](N)CCN41. The number of rotatable bonds is 1. The summed E-state index contributed by atoms with van der Waals surface area (Å²) in [5.41, 5.74) is 6.84. The van der Waals surface area contributed by atoms with Crippen LogP contribution in [0.2, 0.25) is 0 Å². The fraction of sp³-hybridized carbons (Fsp3) is 0.444. The van der Waals surface area contributed by atoms with Crippen molar-refractivity contribution in [1.29, 1.82) is 0 Å². The van der Waals surface area contributed by atoms with Crippen molar-refractivity contribution in [3.63, 3.8) is 0 Å². The number of carboxylic acids is 1. The third-order valence-electron chi connectivity index (χ3n) is 5.75. The van der Waals surface area contributed by atoms with Crippen molar-refractivity contribution in [2.75, 3.05) is 18.1 Å². The molecule has 1 fully saturated rings. The Labute approximate surface area is 157 Å². The second kappa shape index (κ2) is 5.70. The van der Waals surface area contributed by atoms with E-state index in [0.29, 0.717) is 34.9 Å². The zero-order valence-corrected chi connectivity index (χ0v) is 15.4. The van der Waals surface area contributed by atoms with Gasteiger partial charge in [-0.1, -0.05) is 11.8 Å². The number of hydrogen-bond acceptors (Lipinski definition) is 6. The van der Waals surface area contributed by atoms with Crippen molar-refractivity contribution >= 4 is 34.3 Å². The molecule has 27 heavy (non-hydrogen) atoms. The van der Waals surface area contributed by atoms with Gasteiger partial charge in [0.2, 0.25) is 5.43 Å². The Morgan fingerprint density at radius 2 is 2.26 bits per heavy atom. The number of ether oxygens (including phenoxy) is 1. The van der Waals surface area contributed by atoms with E-state index in [1.54, 1.807) is 0 Å². The Bertz CT molecular complexity index is 1070. The molecule has 0 spiro atoms. The second-order valence-corrected chi connectivity index (χ2v) is 8.52. The van der Waals surface area contributed by atoms with E-state index in [-0.39, 0.29) is 35.0 Å². The number of thioether (sulfide) groups is 1. The first kappa shape index (κ1) is 17.0. The fourth-order valence-corrected chi connectivity index (χ4v) is 5.64. The minimum atomic E-state index is -1.29. The molecular formula is C18H18FN3O4S. The van der Waals surface area contributed by atoms with Crippen LogP contribution in [0, 0.1) is 5.82 Å². The van der Waals surface area contributed by atoms with Gasteiger partial charge in [0.25, 0.3) is 0 Å². The van der Waals surface area contributed by atoms with Crippen molar-refractivity contribution in [3.05, 3.63) is 33.2 Å². The predicted octanol–water partition coefficient (Wildman–Crippen LogP) is 1.90. The Hall–Kier alpha value is -2.10. The molecule has 1 saturated heterocycles. The zero-order chi connectivity index (χ0) is 19.0. The fourth-order valence-electron chi connectivity index (χ4n) is 4.50. The molecular weight excluding hydrogens is 373 g/mol. The number of pyridine rings is 1. The van der Waals surface area contributed by atoms with Gasteiger partial charge in [-0.3, -0.25) is 4.79 Å². The van der Waals surface area contributed by atoms with Gasteiger partial charge in [0.1, 0.15) is 11.4 Å². The number of nitrogens with two attached hydrogens (primary N) is 1. The highest BCUT2D eigenvalue weighted by molar-refractivity contribution is 8.00. The molecule has 1 aromatic heterocycles. The van der Waals surface area contributed by atoms with Crippen molar-refractivity contribution in [2.24, 2.45) is 5.73 Å². The van der Waals surface area contributed by atoms with Gasteiger partial charge in [-0.05, 0) is 19.4 Å². The van der Waals surface area contributed by atoms with Crippen molar-refractivity contribution in [2.45, 2.75) is 42.4 Å². The molecule has 3 aliphatic heterocycles. The third kappa shape index (κ3) is 2.16. The molecule has 0 radical (unpaired) electrons. The van der Waals surface area contributed by atoms with Gasteiger partial charge >= 0.3 is 5.97 Å². The van der Waals surface area contributed by atoms with Crippen LogP contribution < -0.4 is 16.1 Å². The van der Waals surface area contributed by atoms with Crippen LogP contribution in [0.1, 0.15) is 34.6 Å². The zero-order valence-electron chi connectivity index (χ0n) is 14.6. The van der Waals surface area contributed by atoms with Gasteiger partial charge in [-0.25, -0.2) is 9.18 Å². The summed E-state index contributed by atoms with van der Waals surface area (Å²) in [7, 11) is 0. The number of anilines is 1. The average molecular weight is 391 g/mol. The molecule has 7 nitrogen and oxygen atoms in total. The smallest absolute Gasteiger partial charge is 0.342 e. The minimum absolute atomic E-state index is 0.0457. The van der Waals surface area contributed by atoms with Crippen LogP contribution in [0.15, 0.2) is 15.9 Å². The summed E-state index contributed by atoms with van der Waals surface area (Å²) in [6, 6.07) is 0.976. The lowest BCUT2D eigenvalue weighted by molar-refractivity contribution is 0.0689. The molecule has 3 atom stereocenters. The quantitative estimate of drug-likeness (QED) is 0.766. The number of nitrogens with zero attached hydrogens (tertiary/aromatic N) is 2. The lowest BCUT2D eigenvalue weighted by Crippen LogP contribution is -2.42. The number of carboxylic acid groups (broad SMARTS) is 1. The van der Waals surface area contributed by atoms with Crippen LogP contribution >= 0.6 is 11.8 Å². The lowest BCUT2D eigenvalue weighted by atomic mass is 10.0. The molecule has 0 bridgehead atoms. The molecule has 4 heterocycles. The van der Waals surface area contributed by atoms with Gasteiger partial charge in [0, 0.05) is 18.2 Å². The largest absolute Gasteiger partial charge is 0.477 e. The Morgan fingerprint density at radius 1 is 1.48 bits per heavy atom. The van der Waals surface area contributed by atoms with Crippen molar-refractivity contribution in [1.82, 2.24) is 4.57 Å². The maximum atomic E-state index is 15.2. The van der Waals surface area contributed by atoms with Gasteiger partial charge in [-0.2, -0.15) is 0 Å². The molecule has 9 heteroatoms. The Morgan fingerprint density at radius 3 is 2.96 bits per heavy atom. The predicted molar refractivity (Wildman–Crippen MR) is 99.1 cm³/mol. The van der Waals surface area contributed by atoms with Crippen molar-refractivity contribution in [3.8, 4) is 0 Å². The molecule has 0 aliphatic carbocycles. The third-order valence-corrected chi connectivity index (χ3v) is 6.93. The maximum Gasteiger partial charge on any atom is 0.342 e. The molecule has 0 amide bonds. The van der Waals surface area contributed by atoms with E-state index in [4.69, 9.17) is 10.5 Å². The number of halogens is 1. The van der Waals surface area contributed by atoms with E-state index in [0.717, 1.165) is 6.42 Å². The lowest BCUT2D eigenvalue weighted by Gasteiger charge is -2.34. The van der Waals surface area contributed by atoms with E-state index in [1.807, 2.05) is 16.4 Å². The summed E-state index contributed by atoms with van der Waals surface area (Å²) in [6.45, 7) is 3.10. The molecule has 3 aliphatic rings. The average Bonchev–Trinajstić information content (AvgIpc) is 2.85. The van der Waals surface area contributed by atoms with Crippen LogP contribution in [0.25, 0.3) is 10.9 Å². The van der Waals surface area contributed by atoms with Gasteiger partial charge in [-0.15, -0.1) is 0 Å². The first-order valence-corrected chi connectivity index (χ1v) is 9.71. The van der Waals surface area contributed by atoms with Crippen LogP contribution in [-0.2, 0) is 11.3 Å². The maximum absolute atomic E-state index is 15.2. The Kier molecular flexibility index (Phi) is 3.59. The van der Waals surface area contributed by atoms with E-state index < -0.39 is 17.2 Å². The van der Waals surface area contributed by atoms with Crippen LogP contribution in [0.3, 0.4) is 0 Å². The molecule has 3 N–H and O–H groups in total. The van der Waals surface area contributed by atoms with Gasteiger partial charge < -0.3 is 25.0 Å². The molecule has 0 saturated carbocycles. The highest BCUT2D eigenvalue weighted by Gasteiger charge is 2.40. The van der Waals surface area contributed by atoms with E-state index in [2.05, 4.69) is 0 Å². The summed E-state index contributed by atoms with van der Waals surface area (Å²) in [6.07, 6.45) is 0.743. The molecule has 1 unspecified atom stereocenters. The summed E-state index contributed by atoms with van der Waals surface area (Å²) < 4.78 is 22.8. The summed E-state index contributed by atoms with van der Waals surface area (Å²) in [4.78, 5) is 26.4. The van der Waals surface area contributed by atoms with Crippen molar-refractivity contribution < 1.29 is 19.0 Å². The highest BCUT2D eigenvalue weighted by atomic mass is 32.2. The number of carbonyl (C=O) groups is 1. The first-order valence-electron chi connectivity index (χ1n) is 8.83.